The van der Waals surface area contributed by atoms with E-state index >= 15 is 0 Å². The molecule has 0 unspecified atom stereocenters. The molecule has 0 amide bonds. The van der Waals surface area contributed by atoms with Crippen LogP contribution in [0.15, 0.2) is 41.0 Å². The second-order valence-electron chi connectivity index (χ2n) is 4.49. The molecule has 0 saturated carbocycles. The van der Waals surface area contributed by atoms with Gasteiger partial charge in [-0.2, -0.15) is 0 Å². The van der Waals surface area contributed by atoms with Crippen LogP contribution in [0.4, 0.5) is 0 Å². The minimum atomic E-state index is 0.412. The van der Waals surface area contributed by atoms with Gasteiger partial charge in [-0.1, -0.05) is 13.8 Å². The van der Waals surface area contributed by atoms with Gasteiger partial charge in [-0.25, -0.2) is 4.98 Å². The molecule has 0 bridgehead atoms. The van der Waals surface area contributed by atoms with Crippen molar-refractivity contribution in [2.75, 3.05) is 0 Å². The number of benzene rings is 1. The van der Waals surface area contributed by atoms with Gasteiger partial charge in [0.15, 0.2) is 0 Å². The van der Waals surface area contributed by atoms with Gasteiger partial charge in [0.25, 0.3) is 0 Å². The standard InChI is InChI=1S/C14H14N2O/c1-9(2)14-15-11-6-5-10(8-12(11)16-14)13-4-3-7-17-13/h3-9H,1-2H3,(H,15,16). The molecule has 0 saturated heterocycles. The zero-order chi connectivity index (χ0) is 11.8. The van der Waals surface area contributed by atoms with Crippen molar-refractivity contribution >= 4 is 11.0 Å². The molecular weight excluding hydrogens is 212 g/mol. The van der Waals surface area contributed by atoms with Crippen molar-refractivity contribution in [1.29, 1.82) is 0 Å². The molecule has 0 spiro atoms. The summed E-state index contributed by atoms with van der Waals surface area (Å²) in [5, 5.41) is 0. The topological polar surface area (TPSA) is 41.8 Å². The molecule has 0 atom stereocenters. The van der Waals surface area contributed by atoms with Crippen molar-refractivity contribution in [1.82, 2.24) is 9.97 Å². The minimum absolute atomic E-state index is 0.412. The minimum Gasteiger partial charge on any atom is -0.464 e. The van der Waals surface area contributed by atoms with Gasteiger partial charge in [-0.05, 0) is 30.3 Å². The van der Waals surface area contributed by atoms with E-state index in [9.17, 15) is 0 Å². The number of rotatable bonds is 2. The first kappa shape index (κ1) is 10.1. The number of aromatic nitrogens is 2. The molecule has 1 aromatic carbocycles. The largest absolute Gasteiger partial charge is 0.464 e. The van der Waals surface area contributed by atoms with Crippen molar-refractivity contribution in [3.8, 4) is 11.3 Å². The Labute approximate surface area is 99.5 Å². The Morgan fingerprint density at radius 1 is 1.24 bits per heavy atom. The average Bonchev–Trinajstić information content (AvgIpc) is 2.97. The van der Waals surface area contributed by atoms with E-state index < -0.39 is 0 Å². The number of H-pyrrole nitrogens is 1. The summed E-state index contributed by atoms with van der Waals surface area (Å²) in [6.45, 7) is 4.26. The molecule has 0 aliphatic heterocycles. The van der Waals surface area contributed by atoms with Crippen LogP contribution < -0.4 is 0 Å². The second kappa shape index (κ2) is 3.77. The lowest BCUT2D eigenvalue weighted by Crippen LogP contribution is -1.88. The van der Waals surface area contributed by atoms with E-state index in [-0.39, 0.29) is 0 Å². The van der Waals surface area contributed by atoms with Gasteiger partial charge in [0.05, 0.1) is 17.3 Å². The predicted octanol–water partition coefficient (Wildman–Crippen LogP) is 3.95. The van der Waals surface area contributed by atoms with Gasteiger partial charge in [-0.15, -0.1) is 0 Å². The molecule has 0 radical (unpaired) electrons. The molecule has 0 aliphatic rings. The van der Waals surface area contributed by atoms with Crippen LogP contribution in [-0.2, 0) is 0 Å². The summed E-state index contributed by atoms with van der Waals surface area (Å²) in [6.07, 6.45) is 1.69. The van der Waals surface area contributed by atoms with Crippen LogP contribution in [0.1, 0.15) is 25.6 Å². The molecule has 17 heavy (non-hydrogen) atoms. The van der Waals surface area contributed by atoms with Crippen LogP contribution >= 0.6 is 0 Å². The molecule has 3 rings (SSSR count). The molecular formula is C14H14N2O. The Hall–Kier alpha value is -2.03. The highest BCUT2D eigenvalue weighted by atomic mass is 16.3. The van der Waals surface area contributed by atoms with Crippen molar-refractivity contribution in [3.63, 3.8) is 0 Å². The van der Waals surface area contributed by atoms with E-state index in [0.717, 1.165) is 28.2 Å². The summed E-state index contributed by atoms with van der Waals surface area (Å²) >= 11 is 0. The van der Waals surface area contributed by atoms with Crippen LogP contribution in [-0.4, -0.2) is 9.97 Å². The third-order valence-electron chi connectivity index (χ3n) is 2.85. The SMILES string of the molecule is CC(C)c1nc2ccc(-c3ccco3)cc2[nH]1. The molecule has 3 aromatic rings. The number of nitrogens with zero attached hydrogens (tertiary/aromatic N) is 1. The molecule has 0 aliphatic carbocycles. The second-order valence-corrected chi connectivity index (χ2v) is 4.49. The Balaban J connectivity index is 2.13. The Morgan fingerprint density at radius 2 is 2.12 bits per heavy atom. The van der Waals surface area contributed by atoms with Crippen LogP contribution in [0.25, 0.3) is 22.4 Å². The smallest absolute Gasteiger partial charge is 0.133 e. The molecule has 3 nitrogen and oxygen atoms in total. The lowest BCUT2D eigenvalue weighted by molar-refractivity contribution is 0.582. The predicted molar refractivity (Wildman–Crippen MR) is 67.9 cm³/mol. The molecule has 2 aromatic heterocycles. The summed E-state index contributed by atoms with van der Waals surface area (Å²) < 4.78 is 5.39. The molecule has 3 heteroatoms. The number of hydrogen-bond acceptors (Lipinski definition) is 2. The van der Waals surface area contributed by atoms with Gasteiger partial charge in [0.2, 0.25) is 0 Å². The number of fused-ring (bicyclic) bond motifs is 1. The summed E-state index contributed by atoms with van der Waals surface area (Å²) in [7, 11) is 0. The maximum absolute atomic E-state index is 5.39. The van der Waals surface area contributed by atoms with E-state index in [2.05, 4.69) is 29.9 Å². The zero-order valence-electron chi connectivity index (χ0n) is 9.90. The molecule has 2 heterocycles. The van der Waals surface area contributed by atoms with Gasteiger partial charge < -0.3 is 9.40 Å². The lowest BCUT2D eigenvalue weighted by Gasteiger charge is -1.96. The monoisotopic (exact) mass is 226 g/mol. The Kier molecular flexibility index (Phi) is 2.25. The summed E-state index contributed by atoms with van der Waals surface area (Å²) in [6, 6.07) is 9.99. The summed E-state index contributed by atoms with van der Waals surface area (Å²) in [5.74, 6) is 2.32. The fourth-order valence-corrected chi connectivity index (χ4v) is 1.90. The summed E-state index contributed by atoms with van der Waals surface area (Å²) in [4.78, 5) is 7.89. The highest BCUT2D eigenvalue weighted by Crippen LogP contribution is 2.24. The van der Waals surface area contributed by atoms with Crippen molar-refractivity contribution in [2.45, 2.75) is 19.8 Å². The number of imidazole rings is 1. The van der Waals surface area contributed by atoms with E-state index in [1.807, 2.05) is 24.3 Å². The Morgan fingerprint density at radius 3 is 2.82 bits per heavy atom. The fraction of sp³-hybridized carbons (Fsp3) is 0.214. The van der Waals surface area contributed by atoms with E-state index in [1.54, 1.807) is 6.26 Å². The quantitative estimate of drug-likeness (QED) is 0.719. The van der Waals surface area contributed by atoms with Crippen LogP contribution in [0.2, 0.25) is 0 Å². The highest BCUT2D eigenvalue weighted by molar-refractivity contribution is 5.80. The third-order valence-corrected chi connectivity index (χ3v) is 2.85. The van der Waals surface area contributed by atoms with Gasteiger partial charge in [0, 0.05) is 11.5 Å². The van der Waals surface area contributed by atoms with Gasteiger partial charge >= 0.3 is 0 Å². The first-order valence-corrected chi connectivity index (χ1v) is 5.77. The van der Waals surface area contributed by atoms with Crippen molar-refractivity contribution in [2.24, 2.45) is 0 Å². The van der Waals surface area contributed by atoms with Crippen LogP contribution in [0, 0.1) is 0 Å². The number of nitrogens with one attached hydrogen (secondary N) is 1. The normalized spacial score (nSPS) is 11.5. The third kappa shape index (κ3) is 1.73. The van der Waals surface area contributed by atoms with E-state index in [1.165, 1.54) is 0 Å². The van der Waals surface area contributed by atoms with E-state index in [0.29, 0.717) is 5.92 Å². The maximum Gasteiger partial charge on any atom is 0.133 e. The molecule has 1 N–H and O–H groups in total. The number of aromatic amines is 1. The number of hydrogen-bond donors (Lipinski definition) is 1. The molecule has 0 fully saturated rings. The fourth-order valence-electron chi connectivity index (χ4n) is 1.90. The van der Waals surface area contributed by atoms with Crippen LogP contribution in [0.5, 0.6) is 0 Å². The zero-order valence-corrected chi connectivity index (χ0v) is 9.90. The summed E-state index contributed by atoms with van der Waals surface area (Å²) in [5.41, 5.74) is 3.13. The van der Waals surface area contributed by atoms with E-state index in [4.69, 9.17) is 4.42 Å². The lowest BCUT2D eigenvalue weighted by atomic mass is 10.1. The maximum atomic E-state index is 5.39. The average molecular weight is 226 g/mol. The van der Waals surface area contributed by atoms with Crippen molar-refractivity contribution < 1.29 is 4.42 Å². The first-order chi connectivity index (χ1) is 8.24. The first-order valence-electron chi connectivity index (χ1n) is 5.77. The van der Waals surface area contributed by atoms with Gasteiger partial charge in [0.1, 0.15) is 11.6 Å². The molecule has 86 valence electrons. The Bertz CT molecular complexity index is 635. The van der Waals surface area contributed by atoms with Gasteiger partial charge in [-0.3, -0.25) is 0 Å². The highest BCUT2D eigenvalue weighted by Gasteiger charge is 2.08. The van der Waals surface area contributed by atoms with Crippen molar-refractivity contribution in [3.05, 3.63) is 42.4 Å². The number of furan rings is 1. The van der Waals surface area contributed by atoms with Crippen LogP contribution in [0.3, 0.4) is 0 Å².